The van der Waals surface area contributed by atoms with Crippen molar-refractivity contribution >= 4 is 0 Å². The molecule has 2 N–H and O–H groups in total. The predicted molar refractivity (Wildman–Crippen MR) is 58.0 cm³/mol. The van der Waals surface area contributed by atoms with E-state index in [0.717, 1.165) is 30.2 Å². The average molecular weight is 222 g/mol. The van der Waals surface area contributed by atoms with Crippen LogP contribution in [0.1, 0.15) is 24.1 Å². The number of hydrogen-bond acceptors (Lipinski definition) is 3. The number of hydrogen-bond donors (Lipinski definition) is 1. The van der Waals surface area contributed by atoms with E-state index in [9.17, 15) is 0 Å². The van der Waals surface area contributed by atoms with Crippen molar-refractivity contribution in [2.45, 2.75) is 19.4 Å². The molecule has 2 aliphatic rings. The molecule has 1 atom stereocenters. The molecule has 0 spiro atoms. The van der Waals surface area contributed by atoms with Crippen molar-refractivity contribution in [2.75, 3.05) is 20.4 Å². The van der Waals surface area contributed by atoms with E-state index in [0.29, 0.717) is 12.8 Å². The zero-order valence-corrected chi connectivity index (χ0v) is 9.58. The maximum absolute atomic E-state index is 5.59. The first-order chi connectivity index (χ1) is 7.81. The Labute approximate surface area is 94.5 Å². The molecule has 4 heteroatoms. The summed E-state index contributed by atoms with van der Waals surface area (Å²) in [4.78, 5) is 0. The number of nitrogens with two attached hydrogens (primary N) is 1. The molecule has 0 bridgehead atoms. The van der Waals surface area contributed by atoms with Crippen LogP contribution in [0.15, 0.2) is 6.07 Å². The summed E-state index contributed by atoms with van der Waals surface area (Å²) >= 11 is 0. The summed E-state index contributed by atoms with van der Waals surface area (Å²) in [5.74, 6) is 2.45. The molecule has 2 heterocycles. The minimum atomic E-state index is 0.300. The van der Waals surface area contributed by atoms with Crippen LogP contribution >= 0.6 is 0 Å². The summed E-state index contributed by atoms with van der Waals surface area (Å²) in [6, 6.07) is 2.52. The van der Waals surface area contributed by atoms with Gasteiger partial charge in [0.1, 0.15) is 6.04 Å². The monoisotopic (exact) mass is 222 g/mol. The Balaban J connectivity index is 2.21. The highest BCUT2D eigenvalue weighted by Gasteiger charge is 2.32. The molecule has 0 saturated carbocycles. The molecule has 0 fully saturated rings. The maximum atomic E-state index is 5.59. The third-order valence-electron chi connectivity index (χ3n) is 3.34. The van der Waals surface area contributed by atoms with E-state index in [4.69, 9.17) is 14.2 Å². The molecular weight excluding hydrogens is 206 g/mol. The molecule has 4 nitrogen and oxygen atoms in total. The van der Waals surface area contributed by atoms with Gasteiger partial charge in [-0.3, -0.25) is 0 Å². The first-order valence-electron chi connectivity index (χ1n) is 5.64. The molecule has 0 aliphatic carbocycles. The van der Waals surface area contributed by atoms with Crippen molar-refractivity contribution in [2.24, 2.45) is 0 Å². The van der Waals surface area contributed by atoms with Gasteiger partial charge in [0.25, 0.3) is 0 Å². The smallest absolute Gasteiger partial charge is 0.231 e. The van der Waals surface area contributed by atoms with E-state index >= 15 is 0 Å². The Morgan fingerprint density at radius 3 is 3.00 bits per heavy atom. The van der Waals surface area contributed by atoms with E-state index in [-0.39, 0.29) is 0 Å². The van der Waals surface area contributed by atoms with Gasteiger partial charge in [-0.05, 0) is 18.6 Å². The average Bonchev–Trinajstić information content (AvgIpc) is 2.76. The van der Waals surface area contributed by atoms with Crippen molar-refractivity contribution in [3.8, 4) is 17.2 Å². The molecule has 0 amide bonds. The van der Waals surface area contributed by atoms with Crippen LogP contribution in [-0.4, -0.2) is 20.4 Å². The van der Waals surface area contributed by atoms with E-state index in [1.165, 1.54) is 11.1 Å². The van der Waals surface area contributed by atoms with E-state index in [2.05, 4.69) is 18.3 Å². The summed E-state index contributed by atoms with van der Waals surface area (Å²) in [5, 5.41) is 2.33. The predicted octanol–water partition coefficient (Wildman–Crippen LogP) is 0.604. The summed E-state index contributed by atoms with van der Waals surface area (Å²) in [7, 11) is 1.67. The fourth-order valence-corrected chi connectivity index (χ4v) is 2.57. The minimum absolute atomic E-state index is 0.300. The summed E-state index contributed by atoms with van der Waals surface area (Å²) in [6.45, 7) is 3.62. The van der Waals surface area contributed by atoms with Gasteiger partial charge in [-0.1, -0.05) is 0 Å². The van der Waals surface area contributed by atoms with Gasteiger partial charge in [0.05, 0.1) is 19.2 Å². The van der Waals surface area contributed by atoms with Crippen LogP contribution in [0, 0.1) is 0 Å². The lowest BCUT2D eigenvalue weighted by atomic mass is 9.93. The molecule has 3 rings (SSSR count). The lowest BCUT2D eigenvalue weighted by molar-refractivity contribution is -0.695. The highest BCUT2D eigenvalue weighted by molar-refractivity contribution is 5.61. The fourth-order valence-electron chi connectivity index (χ4n) is 2.57. The van der Waals surface area contributed by atoms with Crippen LogP contribution in [0.5, 0.6) is 17.2 Å². The number of rotatable bonds is 1. The SMILES string of the molecule is COc1cc2c(c3c1OCO3)C(C)[NH2+]CC2. The molecule has 1 aromatic carbocycles. The van der Waals surface area contributed by atoms with Gasteiger partial charge >= 0.3 is 0 Å². The zero-order chi connectivity index (χ0) is 11.1. The molecule has 0 saturated heterocycles. The van der Waals surface area contributed by atoms with Crippen LogP contribution in [0.3, 0.4) is 0 Å². The van der Waals surface area contributed by atoms with Gasteiger partial charge in [0.15, 0.2) is 11.5 Å². The standard InChI is InChI=1S/C12H15NO3/c1-7-10-8(3-4-13-7)5-9(14-2)11-12(10)16-6-15-11/h5,7,13H,3-4,6H2,1-2H3/p+1. The second-order valence-electron chi connectivity index (χ2n) is 4.28. The normalized spacial score (nSPS) is 21.8. The quantitative estimate of drug-likeness (QED) is 0.757. The Bertz CT molecular complexity index is 431. The molecule has 0 radical (unpaired) electrons. The topological polar surface area (TPSA) is 44.3 Å². The minimum Gasteiger partial charge on any atom is -0.493 e. The summed E-state index contributed by atoms with van der Waals surface area (Å²) < 4.78 is 16.4. The fraction of sp³-hybridized carbons (Fsp3) is 0.500. The Morgan fingerprint density at radius 1 is 1.38 bits per heavy atom. The summed E-state index contributed by atoms with van der Waals surface area (Å²) in [6.07, 6.45) is 1.06. The molecule has 0 aromatic heterocycles. The second kappa shape index (κ2) is 3.56. The Kier molecular flexibility index (Phi) is 2.17. The van der Waals surface area contributed by atoms with Crippen molar-refractivity contribution in [3.63, 3.8) is 0 Å². The third kappa shape index (κ3) is 1.26. The molecule has 2 aliphatic heterocycles. The van der Waals surface area contributed by atoms with Crippen molar-refractivity contribution in [1.82, 2.24) is 0 Å². The number of benzene rings is 1. The number of methoxy groups -OCH3 is 1. The third-order valence-corrected chi connectivity index (χ3v) is 3.34. The van der Waals surface area contributed by atoms with E-state index in [1.54, 1.807) is 7.11 Å². The van der Waals surface area contributed by atoms with Crippen molar-refractivity contribution < 1.29 is 19.5 Å². The van der Waals surface area contributed by atoms with Gasteiger partial charge in [-0.2, -0.15) is 0 Å². The largest absolute Gasteiger partial charge is 0.493 e. The number of quaternary nitrogens is 1. The molecule has 86 valence electrons. The molecular formula is C12H16NO3+. The van der Waals surface area contributed by atoms with Crippen LogP contribution < -0.4 is 19.5 Å². The van der Waals surface area contributed by atoms with E-state index < -0.39 is 0 Å². The van der Waals surface area contributed by atoms with E-state index in [1.807, 2.05) is 0 Å². The first kappa shape index (κ1) is 9.78. The van der Waals surface area contributed by atoms with Gasteiger partial charge in [0, 0.05) is 6.42 Å². The highest BCUT2D eigenvalue weighted by atomic mass is 16.7. The van der Waals surface area contributed by atoms with Crippen LogP contribution in [0.25, 0.3) is 0 Å². The number of fused-ring (bicyclic) bond motifs is 3. The Morgan fingerprint density at radius 2 is 2.19 bits per heavy atom. The first-order valence-corrected chi connectivity index (χ1v) is 5.64. The zero-order valence-electron chi connectivity index (χ0n) is 9.58. The van der Waals surface area contributed by atoms with Gasteiger partial charge in [-0.15, -0.1) is 0 Å². The highest BCUT2D eigenvalue weighted by Crippen LogP contribution is 2.47. The van der Waals surface area contributed by atoms with Crippen LogP contribution in [-0.2, 0) is 6.42 Å². The lowest BCUT2D eigenvalue weighted by Crippen LogP contribution is -2.86. The van der Waals surface area contributed by atoms with Crippen molar-refractivity contribution in [1.29, 1.82) is 0 Å². The van der Waals surface area contributed by atoms with Crippen LogP contribution in [0.4, 0.5) is 0 Å². The number of ether oxygens (including phenoxy) is 3. The maximum Gasteiger partial charge on any atom is 0.231 e. The molecule has 1 aromatic rings. The van der Waals surface area contributed by atoms with Crippen LogP contribution in [0.2, 0.25) is 0 Å². The summed E-state index contributed by atoms with van der Waals surface area (Å²) in [5.41, 5.74) is 2.61. The van der Waals surface area contributed by atoms with Gasteiger partial charge in [0.2, 0.25) is 12.5 Å². The molecule has 16 heavy (non-hydrogen) atoms. The second-order valence-corrected chi connectivity index (χ2v) is 4.28. The Hall–Kier alpha value is -1.42. The van der Waals surface area contributed by atoms with Gasteiger partial charge in [-0.25, -0.2) is 0 Å². The van der Waals surface area contributed by atoms with Gasteiger partial charge < -0.3 is 19.5 Å². The lowest BCUT2D eigenvalue weighted by Gasteiger charge is -2.23. The molecule has 1 unspecified atom stereocenters. The van der Waals surface area contributed by atoms with Crippen molar-refractivity contribution in [3.05, 3.63) is 17.2 Å².